The van der Waals surface area contributed by atoms with Gasteiger partial charge in [-0.1, -0.05) is 20.8 Å². The van der Waals surface area contributed by atoms with Crippen molar-refractivity contribution in [3.8, 4) is 0 Å². The lowest BCUT2D eigenvalue weighted by Crippen LogP contribution is -2.54. The average molecular weight is 283 g/mol. The molecule has 0 saturated carbocycles. The standard InChI is InChI=1S/C16H33N3O/c1-13(2)10-18-7-8-20-15(11-18)12-19-6-4-5-14(3)16(19)9-17/h13-16H,4-12,17H2,1-3H3. The SMILES string of the molecule is CC(C)CN1CCOC(CN2CCCC(C)C2CN)C1. The zero-order valence-electron chi connectivity index (χ0n) is 13.6. The van der Waals surface area contributed by atoms with E-state index in [1.54, 1.807) is 0 Å². The van der Waals surface area contributed by atoms with E-state index >= 15 is 0 Å². The zero-order chi connectivity index (χ0) is 14.5. The summed E-state index contributed by atoms with van der Waals surface area (Å²) < 4.78 is 6.00. The van der Waals surface area contributed by atoms with Crippen LogP contribution in [0, 0.1) is 11.8 Å². The summed E-state index contributed by atoms with van der Waals surface area (Å²) in [6.07, 6.45) is 2.99. The van der Waals surface area contributed by atoms with Crippen molar-refractivity contribution in [3.05, 3.63) is 0 Å². The lowest BCUT2D eigenvalue weighted by Gasteiger charge is -2.43. The van der Waals surface area contributed by atoms with Gasteiger partial charge in [-0.05, 0) is 31.2 Å². The number of ether oxygens (including phenoxy) is 1. The van der Waals surface area contributed by atoms with E-state index in [4.69, 9.17) is 10.5 Å². The molecule has 0 aliphatic carbocycles. The fraction of sp³-hybridized carbons (Fsp3) is 1.00. The second-order valence-electron chi connectivity index (χ2n) is 7.06. The van der Waals surface area contributed by atoms with Gasteiger partial charge >= 0.3 is 0 Å². The molecule has 2 heterocycles. The van der Waals surface area contributed by atoms with Crippen LogP contribution in [-0.4, -0.2) is 67.8 Å². The highest BCUT2D eigenvalue weighted by Crippen LogP contribution is 2.23. The highest BCUT2D eigenvalue weighted by Gasteiger charge is 2.30. The second-order valence-corrected chi connectivity index (χ2v) is 7.06. The first kappa shape index (κ1) is 16.2. The molecule has 0 spiro atoms. The maximum atomic E-state index is 6.00. The summed E-state index contributed by atoms with van der Waals surface area (Å²) in [7, 11) is 0. The Morgan fingerprint density at radius 2 is 2.10 bits per heavy atom. The second kappa shape index (κ2) is 7.74. The average Bonchev–Trinajstić information content (AvgIpc) is 2.38. The van der Waals surface area contributed by atoms with Crippen LogP contribution in [0.1, 0.15) is 33.6 Å². The van der Waals surface area contributed by atoms with Crippen LogP contribution in [0.3, 0.4) is 0 Å². The first-order valence-electron chi connectivity index (χ1n) is 8.38. The Kier molecular flexibility index (Phi) is 6.27. The minimum Gasteiger partial charge on any atom is -0.374 e. The van der Waals surface area contributed by atoms with E-state index in [2.05, 4.69) is 30.6 Å². The quantitative estimate of drug-likeness (QED) is 0.828. The van der Waals surface area contributed by atoms with Gasteiger partial charge in [0.1, 0.15) is 0 Å². The van der Waals surface area contributed by atoms with Crippen LogP contribution in [-0.2, 0) is 4.74 Å². The number of likely N-dealkylation sites (tertiary alicyclic amines) is 1. The summed E-state index contributed by atoms with van der Waals surface area (Å²) >= 11 is 0. The molecule has 20 heavy (non-hydrogen) atoms. The molecule has 0 aromatic carbocycles. The van der Waals surface area contributed by atoms with Crippen LogP contribution in [0.5, 0.6) is 0 Å². The van der Waals surface area contributed by atoms with Crippen LogP contribution < -0.4 is 5.73 Å². The molecule has 2 rings (SSSR count). The van der Waals surface area contributed by atoms with Crippen molar-refractivity contribution in [1.82, 2.24) is 9.80 Å². The number of rotatable bonds is 5. The summed E-state index contributed by atoms with van der Waals surface area (Å²) in [5.74, 6) is 1.46. The molecule has 118 valence electrons. The Bertz CT molecular complexity index is 285. The number of hydrogen-bond acceptors (Lipinski definition) is 4. The van der Waals surface area contributed by atoms with Gasteiger partial charge in [0.25, 0.3) is 0 Å². The third-order valence-corrected chi connectivity index (χ3v) is 4.76. The molecule has 4 heteroatoms. The fourth-order valence-corrected chi connectivity index (χ4v) is 3.78. The molecule has 0 aromatic rings. The molecule has 0 amide bonds. The molecule has 0 aromatic heterocycles. The molecule has 2 saturated heterocycles. The third kappa shape index (κ3) is 4.42. The van der Waals surface area contributed by atoms with Crippen molar-refractivity contribution in [2.75, 3.05) is 45.9 Å². The number of nitrogens with zero attached hydrogens (tertiary/aromatic N) is 2. The van der Waals surface area contributed by atoms with Gasteiger partial charge in [-0.15, -0.1) is 0 Å². The monoisotopic (exact) mass is 283 g/mol. The molecule has 2 aliphatic rings. The van der Waals surface area contributed by atoms with Crippen molar-refractivity contribution >= 4 is 0 Å². The van der Waals surface area contributed by atoms with E-state index in [0.717, 1.165) is 44.6 Å². The first-order chi connectivity index (χ1) is 9.60. The summed E-state index contributed by atoms with van der Waals surface area (Å²) in [5, 5.41) is 0. The highest BCUT2D eigenvalue weighted by molar-refractivity contribution is 4.86. The fourth-order valence-electron chi connectivity index (χ4n) is 3.78. The molecule has 2 fully saturated rings. The van der Waals surface area contributed by atoms with Gasteiger partial charge < -0.3 is 10.5 Å². The Morgan fingerprint density at radius 3 is 2.80 bits per heavy atom. The smallest absolute Gasteiger partial charge is 0.0829 e. The molecule has 2 aliphatic heterocycles. The topological polar surface area (TPSA) is 41.7 Å². The summed E-state index contributed by atoms with van der Waals surface area (Å²) in [5.41, 5.74) is 5.99. The predicted molar refractivity (Wildman–Crippen MR) is 83.8 cm³/mol. The Morgan fingerprint density at radius 1 is 1.30 bits per heavy atom. The van der Waals surface area contributed by atoms with E-state index in [-0.39, 0.29) is 0 Å². The van der Waals surface area contributed by atoms with E-state index in [1.165, 1.54) is 25.9 Å². The highest BCUT2D eigenvalue weighted by atomic mass is 16.5. The maximum Gasteiger partial charge on any atom is 0.0829 e. The first-order valence-corrected chi connectivity index (χ1v) is 8.38. The van der Waals surface area contributed by atoms with Crippen molar-refractivity contribution in [2.24, 2.45) is 17.6 Å². The molecule has 2 N–H and O–H groups in total. The Labute approximate surface area is 124 Å². The van der Waals surface area contributed by atoms with E-state index in [1.807, 2.05) is 0 Å². The van der Waals surface area contributed by atoms with Crippen molar-refractivity contribution in [2.45, 2.75) is 45.8 Å². The lowest BCUT2D eigenvalue weighted by atomic mass is 9.90. The molecule has 4 nitrogen and oxygen atoms in total. The van der Waals surface area contributed by atoms with Crippen LogP contribution in [0.15, 0.2) is 0 Å². The van der Waals surface area contributed by atoms with Gasteiger partial charge in [-0.3, -0.25) is 9.80 Å². The van der Waals surface area contributed by atoms with Crippen molar-refractivity contribution in [1.29, 1.82) is 0 Å². The molecular weight excluding hydrogens is 250 g/mol. The summed E-state index contributed by atoms with van der Waals surface area (Å²) in [6.45, 7) is 14.2. The van der Waals surface area contributed by atoms with Crippen molar-refractivity contribution < 1.29 is 4.74 Å². The van der Waals surface area contributed by atoms with Gasteiger partial charge in [0.2, 0.25) is 0 Å². The number of nitrogens with two attached hydrogens (primary N) is 1. The molecule has 3 atom stereocenters. The molecule has 3 unspecified atom stereocenters. The van der Waals surface area contributed by atoms with E-state index in [0.29, 0.717) is 12.1 Å². The molecule has 0 bridgehead atoms. The molecular formula is C16H33N3O. The molecule has 0 radical (unpaired) electrons. The van der Waals surface area contributed by atoms with E-state index in [9.17, 15) is 0 Å². The van der Waals surface area contributed by atoms with Crippen LogP contribution in [0.2, 0.25) is 0 Å². The van der Waals surface area contributed by atoms with Crippen LogP contribution in [0.4, 0.5) is 0 Å². The van der Waals surface area contributed by atoms with Crippen LogP contribution in [0.25, 0.3) is 0 Å². The van der Waals surface area contributed by atoms with Crippen molar-refractivity contribution in [3.63, 3.8) is 0 Å². The minimum absolute atomic E-state index is 0.363. The lowest BCUT2D eigenvalue weighted by molar-refractivity contribution is -0.0578. The Balaban J connectivity index is 1.85. The minimum atomic E-state index is 0.363. The number of hydrogen-bond donors (Lipinski definition) is 1. The van der Waals surface area contributed by atoms with Gasteiger partial charge in [0, 0.05) is 38.8 Å². The van der Waals surface area contributed by atoms with E-state index < -0.39 is 0 Å². The predicted octanol–water partition coefficient (Wildman–Crippen LogP) is 1.40. The summed E-state index contributed by atoms with van der Waals surface area (Å²) in [4.78, 5) is 5.14. The van der Waals surface area contributed by atoms with Gasteiger partial charge in [0.15, 0.2) is 0 Å². The number of piperidine rings is 1. The van der Waals surface area contributed by atoms with Gasteiger partial charge in [-0.25, -0.2) is 0 Å². The number of morpholine rings is 1. The third-order valence-electron chi connectivity index (χ3n) is 4.76. The Hall–Kier alpha value is -0.160. The normalized spacial score (nSPS) is 33.8. The zero-order valence-corrected chi connectivity index (χ0v) is 13.6. The maximum absolute atomic E-state index is 6.00. The van der Waals surface area contributed by atoms with Crippen LogP contribution >= 0.6 is 0 Å². The van der Waals surface area contributed by atoms with Gasteiger partial charge in [0.05, 0.1) is 12.7 Å². The van der Waals surface area contributed by atoms with Gasteiger partial charge in [-0.2, -0.15) is 0 Å². The summed E-state index contributed by atoms with van der Waals surface area (Å²) in [6, 6.07) is 0.549. The largest absolute Gasteiger partial charge is 0.374 e.